The summed E-state index contributed by atoms with van der Waals surface area (Å²) in [5.74, 6) is 0.222. The van der Waals surface area contributed by atoms with Crippen LogP contribution >= 0.6 is 0 Å². The Labute approximate surface area is 128 Å². The van der Waals surface area contributed by atoms with Gasteiger partial charge in [-0.25, -0.2) is 0 Å². The number of rotatable bonds is 3. The second-order valence-electron chi connectivity index (χ2n) is 2.49. The summed E-state index contributed by atoms with van der Waals surface area (Å²) in [6.45, 7) is -0.0120. The molecule has 1 rings (SSSR count). The van der Waals surface area contributed by atoms with Gasteiger partial charge in [-0.2, -0.15) is 25.3 Å². The molecule has 0 aliphatic carbocycles. The molecule has 0 amide bonds. The van der Waals surface area contributed by atoms with Crippen LogP contribution in [-0.4, -0.2) is 13.9 Å². The van der Waals surface area contributed by atoms with Gasteiger partial charge in [0.25, 0.3) is 0 Å². The topological polar surface area (TPSA) is 18.5 Å². The van der Waals surface area contributed by atoms with Gasteiger partial charge in [0.15, 0.2) is 6.79 Å². The third-order valence-electron chi connectivity index (χ3n) is 1.44. The third-order valence-corrected chi connectivity index (χ3v) is 1.44. The summed E-state index contributed by atoms with van der Waals surface area (Å²) in [6.07, 6.45) is -4.34. The zero-order valence-electron chi connectivity index (χ0n) is 8.39. The Morgan fingerprint density at radius 1 is 1.33 bits per heavy atom. The van der Waals surface area contributed by atoms with Crippen LogP contribution in [0, 0.1) is 6.07 Å². The van der Waals surface area contributed by atoms with Crippen LogP contribution in [0.15, 0.2) is 18.2 Å². The van der Waals surface area contributed by atoms with E-state index in [4.69, 9.17) is 4.74 Å². The quantitative estimate of drug-likeness (QED) is 0.405. The van der Waals surface area contributed by atoms with Crippen molar-refractivity contribution in [3.8, 4) is 5.75 Å². The summed E-state index contributed by atoms with van der Waals surface area (Å²) >= 11 is 0. The van der Waals surface area contributed by atoms with Gasteiger partial charge in [0, 0.05) is 12.9 Å². The van der Waals surface area contributed by atoms with Crippen LogP contribution in [-0.2, 0) is 10.9 Å². The van der Waals surface area contributed by atoms with Gasteiger partial charge in [0.2, 0.25) is 0 Å². The second-order valence-corrected chi connectivity index (χ2v) is 2.49. The van der Waals surface area contributed by atoms with E-state index in [0.29, 0.717) is 0 Å². The minimum Gasteiger partial charge on any atom is -0.493 e. The monoisotopic (exact) mass is 244 g/mol. The number of hydrogen-bond acceptors (Lipinski definition) is 2. The third kappa shape index (κ3) is 5.32. The van der Waals surface area contributed by atoms with E-state index < -0.39 is 11.7 Å². The van der Waals surface area contributed by atoms with Crippen LogP contribution in [0.3, 0.4) is 0 Å². The molecular formula is C9H8F3KO2. The SMILES string of the molecule is COCOc1[c-]cc(C(F)(F)F)cc1.[K+]. The molecule has 6 heteroatoms. The first kappa shape index (κ1) is 15.4. The Balaban J connectivity index is 0.00000196. The number of alkyl halides is 3. The van der Waals surface area contributed by atoms with Gasteiger partial charge in [-0.1, -0.05) is 5.56 Å². The summed E-state index contributed by atoms with van der Waals surface area (Å²) in [7, 11) is 1.42. The molecule has 78 valence electrons. The summed E-state index contributed by atoms with van der Waals surface area (Å²) in [5, 5.41) is 0. The van der Waals surface area contributed by atoms with E-state index in [-0.39, 0.29) is 63.9 Å². The van der Waals surface area contributed by atoms with E-state index in [1.807, 2.05) is 0 Å². The Kier molecular flexibility index (Phi) is 7.06. The van der Waals surface area contributed by atoms with Crippen molar-refractivity contribution in [3.63, 3.8) is 0 Å². The maximum absolute atomic E-state index is 12.1. The molecule has 15 heavy (non-hydrogen) atoms. The fourth-order valence-corrected chi connectivity index (χ4v) is 0.799. The predicted molar refractivity (Wildman–Crippen MR) is 42.8 cm³/mol. The fraction of sp³-hybridized carbons (Fsp3) is 0.333. The molecule has 0 N–H and O–H groups in total. The van der Waals surface area contributed by atoms with Crippen LogP contribution in [0.1, 0.15) is 5.56 Å². The largest absolute Gasteiger partial charge is 1.00 e. The van der Waals surface area contributed by atoms with Crippen molar-refractivity contribution in [2.75, 3.05) is 13.9 Å². The van der Waals surface area contributed by atoms with Crippen LogP contribution in [0.4, 0.5) is 13.2 Å². The number of halogens is 3. The Bertz CT molecular complexity index is 284. The van der Waals surface area contributed by atoms with Crippen LogP contribution < -0.4 is 56.1 Å². The van der Waals surface area contributed by atoms with Gasteiger partial charge in [0.1, 0.15) is 0 Å². The van der Waals surface area contributed by atoms with E-state index in [0.717, 1.165) is 12.1 Å². The van der Waals surface area contributed by atoms with Crippen molar-refractivity contribution >= 4 is 0 Å². The Morgan fingerprint density at radius 3 is 2.40 bits per heavy atom. The second kappa shape index (κ2) is 6.88. The zero-order valence-corrected chi connectivity index (χ0v) is 11.5. The van der Waals surface area contributed by atoms with Gasteiger partial charge < -0.3 is 9.47 Å². The van der Waals surface area contributed by atoms with Gasteiger partial charge in [-0.3, -0.25) is 0 Å². The first-order valence-electron chi connectivity index (χ1n) is 3.74. The summed E-state index contributed by atoms with van der Waals surface area (Å²) in [4.78, 5) is 0. The van der Waals surface area contributed by atoms with E-state index in [1.165, 1.54) is 13.2 Å². The van der Waals surface area contributed by atoms with Crippen molar-refractivity contribution in [1.82, 2.24) is 0 Å². The summed E-state index contributed by atoms with van der Waals surface area (Å²) < 4.78 is 45.7. The van der Waals surface area contributed by atoms with Gasteiger partial charge in [-0.15, -0.1) is 12.1 Å². The molecular weight excluding hydrogens is 236 g/mol. The first-order valence-corrected chi connectivity index (χ1v) is 3.74. The molecule has 0 saturated heterocycles. The minimum absolute atomic E-state index is 0. The smallest absolute Gasteiger partial charge is 0.493 e. The minimum atomic E-state index is -4.34. The standard InChI is InChI=1S/C9H8F3O2.K/c1-13-6-14-8-4-2-7(3-5-8)9(10,11)12;/h2-4H,6H2,1H3;/q-1;+1. The van der Waals surface area contributed by atoms with E-state index in [9.17, 15) is 13.2 Å². The Morgan fingerprint density at radius 2 is 2.00 bits per heavy atom. The number of hydrogen-bond donors (Lipinski definition) is 0. The van der Waals surface area contributed by atoms with Gasteiger partial charge in [0.05, 0.1) is 0 Å². The number of methoxy groups -OCH3 is 1. The molecule has 1 aromatic carbocycles. The van der Waals surface area contributed by atoms with Crippen molar-refractivity contribution in [2.45, 2.75) is 6.18 Å². The molecule has 0 atom stereocenters. The average Bonchev–Trinajstić information content (AvgIpc) is 2.14. The van der Waals surface area contributed by atoms with Crippen molar-refractivity contribution in [1.29, 1.82) is 0 Å². The van der Waals surface area contributed by atoms with E-state index in [2.05, 4.69) is 10.8 Å². The van der Waals surface area contributed by atoms with Gasteiger partial charge >= 0.3 is 57.6 Å². The molecule has 1 aromatic rings. The van der Waals surface area contributed by atoms with Crippen molar-refractivity contribution < 1.29 is 74.0 Å². The fourth-order valence-electron chi connectivity index (χ4n) is 0.799. The molecule has 0 saturated carbocycles. The van der Waals surface area contributed by atoms with E-state index in [1.54, 1.807) is 0 Å². The molecule has 0 bridgehead atoms. The van der Waals surface area contributed by atoms with Crippen LogP contribution in [0.5, 0.6) is 5.75 Å². The molecule has 0 spiro atoms. The van der Waals surface area contributed by atoms with Crippen LogP contribution in [0.25, 0.3) is 0 Å². The van der Waals surface area contributed by atoms with Gasteiger partial charge in [-0.05, 0) is 0 Å². The molecule has 0 fully saturated rings. The molecule has 0 aliphatic rings. The van der Waals surface area contributed by atoms with E-state index >= 15 is 0 Å². The zero-order chi connectivity index (χ0) is 10.6. The summed E-state index contributed by atoms with van der Waals surface area (Å²) in [6, 6.07) is 5.32. The van der Waals surface area contributed by atoms with Crippen molar-refractivity contribution in [3.05, 3.63) is 29.8 Å². The maximum Gasteiger partial charge on any atom is 1.00 e. The predicted octanol–water partition coefficient (Wildman–Crippen LogP) is -0.508. The molecule has 0 radical (unpaired) electrons. The number of ether oxygens (including phenoxy) is 2. The Hall–Kier alpha value is 0.406. The molecule has 2 nitrogen and oxygen atoms in total. The molecule has 0 unspecified atom stereocenters. The average molecular weight is 244 g/mol. The molecule has 0 aromatic heterocycles. The molecule has 0 heterocycles. The van der Waals surface area contributed by atoms with Crippen molar-refractivity contribution in [2.24, 2.45) is 0 Å². The first-order chi connectivity index (χ1) is 6.54. The van der Waals surface area contributed by atoms with Crippen LogP contribution in [0.2, 0.25) is 0 Å². The number of benzene rings is 1. The summed E-state index contributed by atoms with van der Waals surface area (Å²) in [5.41, 5.74) is -0.748. The maximum atomic E-state index is 12.1. The molecule has 0 aliphatic heterocycles. The normalized spacial score (nSPS) is 10.7.